The van der Waals surface area contributed by atoms with E-state index in [1.54, 1.807) is 0 Å². The van der Waals surface area contributed by atoms with Crippen molar-refractivity contribution in [1.29, 1.82) is 0 Å². The van der Waals surface area contributed by atoms with Gasteiger partial charge in [0, 0.05) is 4.47 Å². The van der Waals surface area contributed by atoms with E-state index in [4.69, 9.17) is 11.6 Å². The van der Waals surface area contributed by atoms with Gasteiger partial charge in [-0.2, -0.15) is 0 Å². The zero-order chi connectivity index (χ0) is 13.2. The number of benzene rings is 2. The molecule has 2 aromatic carbocycles. The smallest absolute Gasteiger partial charge is 0.150 e. The Morgan fingerprint density at radius 1 is 1.16 bits per heavy atom. The van der Waals surface area contributed by atoms with Crippen LogP contribution in [0.15, 0.2) is 53.0 Å². The summed E-state index contributed by atoms with van der Waals surface area (Å²) >= 11 is 9.76. The van der Waals surface area contributed by atoms with Crippen LogP contribution in [0.5, 0.6) is 0 Å². The highest BCUT2D eigenvalue weighted by Gasteiger charge is 2.05. The van der Waals surface area contributed by atoms with E-state index in [0.717, 1.165) is 21.1 Å². The molecule has 0 amide bonds. The molecule has 1 aromatic heterocycles. The van der Waals surface area contributed by atoms with Gasteiger partial charge < -0.3 is 4.98 Å². The van der Waals surface area contributed by atoms with Gasteiger partial charge in [0.05, 0.1) is 16.1 Å². The van der Waals surface area contributed by atoms with Crippen molar-refractivity contribution >= 4 is 49.7 Å². The minimum atomic E-state index is 0.592. The molecule has 0 unspecified atom stereocenters. The van der Waals surface area contributed by atoms with Gasteiger partial charge in [-0.25, -0.2) is 4.98 Å². The lowest BCUT2D eigenvalue weighted by Crippen LogP contribution is -1.80. The van der Waals surface area contributed by atoms with Gasteiger partial charge in [-0.15, -0.1) is 0 Å². The van der Waals surface area contributed by atoms with Crippen LogP contribution in [-0.4, -0.2) is 9.97 Å². The van der Waals surface area contributed by atoms with Gasteiger partial charge in [-0.05, 0) is 35.9 Å². The maximum atomic E-state index is 6.32. The van der Waals surface area contributed by atoms with Crippen LogP contribution in [-0.2, 0) is 0 Å². The third-order valence-electron chi connectivity index (χ3n) is 2.76. The molecule has 3 rings (SSSR count). The first kappa shape index (κ1) is 12.5. The molecule has 0 spiro atoms. The summed E-state index contributed by atoms with van der Waals surface area (Å²) in [5, 5.41) is 0.592. The lowest BCUT2D eigenvalue weighted by molar-refractivity contribution is 1.29. The Labute approximate surface area is 124 Å². The molecule has 0 aliphatic rings. The third-order valence-corrected chi connectivity index (χ3v) is 3.54. The number of imidazole rings is 1. The Bertz CT molecular complexity index is 728. The highest BCUT2D eigenvalue weighted by atomic mass is 79.9. The van der Waals surface area contributed by atoms with Gasteiger partial charge in [0.2, 0.25) is 0 Å². The standard InChI is InChI=1S/C15H10BrClN2/c16-11-5-3-4-10(8-11)9-12(17)15-18-13-6-1-2-7-14(13)19-15/h1-9H,(H,18,19). The topological polar surface area (TPSA) is 28.7 Å². The summed E-state index contributed by atoms with van der Waals surface area (Å²) in [5.74, 6) is 0.683. The van der Waals surface area contributed by atoms with Crippen LogP contribution in [0.3, 0.4) is 0 Å². The van der Waals surface area contributed by atoms with Gasteiger partial charge >= 0.3 is 0 Å². The number of rotatable bonds is 2. The first-order valence-corrected chi connectivity index (χ1v) is 6.97. The fraction of sp³-hybridized carbons (Fsp3) is 0. The van der Waals surface area contributed by atoms with E-state index < -0.39 is 0 Å². The number of hydrogen-bond acceptors (Lipinski definition) is 1. The lowest BCUT2D eigenvalue weighted by Gasteiger charge is -1.96. The van der Waals surface area contributed by atoms with Crippen molar-refractivity contribution in [2.75, 3.05) is 0 Å². The second-order valence-electron chi connectivity index (χ2n) is 4.15. The summed E-state index contributed by atoms with van der Waals surface area (Å²) in [4.78, 5) is 7.67. The Morgan fingerprint density at radius 3 is 2.79 bits per heavy atom. The molecule has 2 nitrogen and oxygen atoms in total. The van der Waals surface area contributed by atoms with Crippen LogP contribution in [0.1, 0.15) is 11.4 Å². The molecule has 0 saturated carbocycles. The van der Waals surface area contributed by atoms with Crippen LogP contribution < -0.4 is 0 Å². The predicted molar refractivity (Wildman–Crippen MR) is 84.0 cm³/mol. The molecule has 0 radical (unpaired) electrons. The van der Waals surface area contributed by atoms with Crippen LogP contribution >= 0.6 is 27.5 Å². The van der Waals surface area contributed by atoms with E-state index in [-0.39, 0.29) is 0 Å². The number of nitrogens with one attached hydrogen (secondary N) is 1. The zero-order valence-corrected chi connectivity index (χ0v) is 12.2. The highest BCUT2D eigenvalue weighted by Crippen LogP contribution is 2.23. The Hall–Kier alpha value is -1.58. The first-order valence-electron chi connectivity index (χ1n) is 5.80. The molecule has 0 saturated heterocycles. The lowest BCUT2D eigenvalue weighted by atomic mass is 10.2. The quantitative estimate of drug-likeness (QED) is 0.697. The van der Waals surface area contributed by atoms with Crippen molar-refractivity contribution in [1.82, 2.24) is 9.97 Å². The van der Waals surface area contributed by atoms with Crippen molar-refractivity contribution < 1.29 is 0 Å². The summed E-state index contributed by atoms with van der Waals surface area (Å²) in [6.07, 6.45) is 1.89. The average Bonchev–Trinajstić information content (AvgIpc) is 2.82. The normalized spacial score (nSPS) is 12.0. The van der Waals surface area contributed by atoms with Crippen LogP contribution in [0.4, 0.5) is 0 Å². The number of aromatic nitrogens is 2. The molecule has 0 fully saturated rings. The van der Waals surface area contributed by atoms with Gasteiger partial charge in [0.1, 0.15) is 5.82 Å². The molecule has 94 valence electrons. The van der Waals surface area contributed by atoms with E-state index in [1.165, 1.54) is 0 Å². The summed E-state index contributed by atoms with van der Waals surface area (Å²) in [6, 6.07) is 15.8. The maximum Gasteiger partial charge on any atom is 0.150 e. The molecule has 1 heterocycles. The van der Waals surface area contributed by atoms with Gasteiger partial charge in [0.25, 0.3) is 0 Å². The van der Waals surface area contributed by atoms with Crippen LogP contribution in [0.2, 0.25) is 0 Å². The Balaban J connectivity index is 2.01. The molecule has 0 bridgehead atoms. The fourth-order valence-corrected chi connectivity index (χ4v) is 2.51. The average molecular weight is 334 g/mol. The van der Waals surface area contributed by atoms with E-state index in [9.17, 15) is 0 Å². The molecule has 3 aromatic rings. The van der Waals surface area contributed by atoms with E-state index in [1.807, 2.05) is 54.6 Å². The number of aromatic amines is 1. The van der Waals surface area contributed by atoms with E-state index >= 15 is 0 Å². The summed E-state index contributed by atoms with van der Waals surface area (Å²) in [5.41, 5.74) is 2.93. The van der Waals surface area contributed by atoms with Crippen molar-refractivity contribution in [2.45, 2.75) is 0 Å². The van der Waals surface area contributed by atoms with Gasteiger partial charge in [-0.3, -0.25) is 0 Å². The monoisotopic (exact) mass is 332 g/mol. The molecule has 0 aliphatic heterocycles. The molecule has 0 atom stereocenters. The number of halogens is 2. The van der Waals surface area contributed by atoms with Gasteiger partial charge in [-0.1, -0.05) is 51.8 Å². The molecular weight excluding hydrogens is 324 g/mol. The fourth-order valence-electron chi connectivity index (χ4n) is 1.88. The zero-order valence-electron chi connectivity index (χ0n) is 9.90. The van der Waals surface area contributed by atoms with Crippen LogP contribution in [0, 0.1) is 0 Å². The molecule has 4 heteroatoms. The largest absolute Gasteiger partial charge is 0.337 e. The van der Waals surface area contributed by atoms with E-state index in [2.05, 4.69) is 25.9 Å². The third kappa shape index (κ3) is 2.72. The second-order valence-corrected chi connectivity index (χ2v) is 5.47. The molecular formula is C15H10BrClN2. The summed E-state index contributed by atoms with van der Waals surface area (Å²) in [7, 11) is 0. The predicted octanol–water partition coefficient (Wildman–Crippen LogP) is 5.06. The minimum Gasteiger partial charge on any atom is -0.337 e. The van der Waals surface area contributed by atoms with Crippen LogP contribution in [0.25, 0.3) is 22.1 Å². The number of para-hydroxylation sites is 2. The number of nitrogens with zero attached hydrogens (tertiary/aromatic N) is 1. The summed E-state index contributed by atoms with van der Waals surface area (Å²) in [6.45, 7) is 0. The first-order chi connectivity index (χ1) is 9.22. The highest BCUT2D eigenvalue weighted by molar-refractivity contribution is 9.10. The second kappa shape index (κ2) is 5.19. The maximum absolute atomic E-state index is 6.32. The van der Waals surface area contributed by atoms with Crippen molar-refractivity contribution in [2.24, 2.45) is 0 Å². The molecule has 19 heavy (non-hydrogen) atoms. The van der Waals surface area contributed by atoms with Gasteiger partial charge in [0.15, 0.2) is 0 Å². The number of fused-ring (bicyclic) bond motifs is 1. The Kier molecular flexibility index (Phi) is 3.40. The molecule has 0 aliphatic carbocycles. The SMILES string of the molecule is ClC(=Cc1cccc(Br)c1)c1nc2ccccc2[nH]1. The minimum absolute atomic E-state index is 0.592. The van der Waals surface area contributed by atoms with Crippen molar-refractivity contribution in [3.63, 3.8) is 0 Å². The van der Waals surface area contributed by atoms with E-state index in [0.29, 0.717) is 10.9 Å². The Morgan fingerprint density at radius 2 is 2.00 bits per heavy atom. The number of H-pyrrole nitrogens is 1. The van der Waals surface area contributed by atoms with Crippen molar-refractivity contribution in [3.8, 4) is 0 Å². The van der Waals surface area contributed by atoms with Crippen molar-refractivity contribution in [3.05, 3.63) is 64.4 Å². The number of hydrogen-bond donors (Lipinski definition) is 1. The summed E-state index contributed by atoms with van der Waals surface area (Å²) < 4.78 is 1.02. The molecule has 1 N–H and O–H groups in total.